The number of nitrogens with one attached hydrogen (secondary N) is 1. The van der Waals surface area contributed by atoms with Crippen molar-refractivity contribution >= 4 is 0 Å². The Kier molecular flexibility index (Phi) is 7.20. The molecule has 0 saturated heterocycles. The molecule has 1 rings (SSSR count). The summed E-state index contributed by atoms with van der Waals surface area (Å²) in [5.74, 6) is 0. The van der Waals surface area contributed by atoms with Gasteiger partial charge in [-0.3, -0.25) is 4.90 Å². The Morgan fingerprint density at radius 1 is 1.10 bits per heavy atom. The van der Waals surface area contributed by atoms with Crippen LogP contribution in [0.1, 0.15) is 51.8 Å². The fourth-order valence-electron chi connectivity index (χ4n) is 2.60. The van der Waals surface area contributed by atoms with Crippen LogP contribution in [0.4, 0.5) is 0 Å². The smallest absolute Gasteiger partial charge is 0.0681 e. The number of nitrogens with zero attached hydrogens (tertiary/aromatic N) is 1. The molecule has 1 atom stereocenters. The molecule has 1 aromatic carbocycles. The summed E-state index contributed by atoms with van der Waals surface area (Å²) in [4.78, 5) is 2.49. The predicted molar refractivity (Wildman–Crippen MR) is 85.8 cm³/mol. The van der Waals surface area contributed by atoms with Crippen molar-refractivity contribution in [3.05, 3.63) is 35.4 Å². The SMILES string of the molecule is CC(NCCN(C(C)C)C(C)C)c1cccc(CO)c1. The van der Waals surface area contributed by atoms with Gasteiger partial charge in [-0.05, 0) is 45.7 Å². The molecule has 0 fully saturated rings. The first-order chi connectivity index (χ1) is 9.45. The van der Waals surface area contributed by atoms with Gasteiger partial charge in [-0.2, -0.15) is 0 Å². The van der Waals surface area contributed by atoms with Crippen LogP contribution < -0.4 is 5.32 Å². The molecule has 0 amide bonds. The first-order valence-corrected chi connectivity index (χ1v) is 7.64. The van der Waals surface area contributed by atoms with Gasteiger partial charge in [0.25, 0.3) is 0 Å². The molecular formula is C17H30N2O. The van der Waals surface area contributed by atoms with Gasteiger partial charge in [0, 0.05) is 31.2 Å². The second-order valence-corrected chi connectivity index (χ2v) is 6.00. The minimum atomic E-state index is 0.106. The largest absolute Gasteiger partial charge is 0.392 e. The lowest BCUT2D eigenvalue weighted by Crippen LogP contribution is -2.41. The van der Waals surface area contributed by atoms with E-state index in [1.807, 2.05) is 12.1 Å². The van der Waals surface area contributed by atoms with E-state index in [0.29, 0.717) is 18.1 Å². The van der Waals surface area contributed by atoms with Gasteiger partial charge in [0.1, 0.15) is 0 Å². The van der Waals surface area contributed by atoms with E-state index in [1.54, 1.807) is 0 Å². The zero-order valence-corrected chi connectivity index (χ0v) is 13.6. The predicted octanol–water partition coefficient (Wildman–Crippen LogP) is 2.95. The number of aliphatic hydroxyl groups is 1. The summed E-state index contributed by atoms with van der Waals surface area (Å²) in [6.07, 6.45) is 0. The van der Waals surface area contributed by atoms with Crippen LogP contribution >= 0.6 is 0 Å². The molecule has 0 aliphatic carbocycles. The van der Waals surface area contributed by atoms with E-state index in [-0.39, 0.29) is 6.61 Å². The van der Waals surface area contributed by atoms with E-state index in [9.17, 15) is 5.11 Å². The summed E-state index contributed by atoms with van der Waals surface area (Å²) in [6.45, 7) is 13.3. The second kappa shape index (κ2) is 8.40. The molecule has 20 heavy (non-hydrogen) atoms. The lowest BCUT2D eigenvalue weighted by molar-refractivity contribution is 0.174. The van der Waals surface area contributed by atoms with Crippen LogP contribution in [-0.4, -0.2) is 35.2 Å². The molecule has 0 aliphatic rings. The molecule has 2 N–H and O–H groups in total. The summed E-state index contributed by atoms with van der Waals surface area (Å²) in [6, 6.07) is 9.60. The zero-order chi connectivity index (χ0) is 15.1. The summed E-state index contributed by atoms with van der Waals surface area (Å²) < 4.78 is 0. The number of hydrogen-bond acceptors (Lipinski definition) is 3. The standard InChI is InChI=1S/C17H30N2O/c1-13(2)19(14(3)4)10-9-18-15(5)17-8-6-7-16(11-17)12-20/h6-8,11,13-15,18,20H,9-10,12H2,1-5H3. The Hall–Kier alpha value is -0.900. The van der Waals surface area contributed by atoms with Crippen molar-refractivity contribution in [1.82, 2.24) is 10.2 Å². The first-order valence-electron chi connectivity index (χ1n) is 7.64. The quantitative estimate of drug-likeness (QED) is 0.767. The Balaban J connectivity index is 2.48. The molecule has 0 saturated carbocycles. The highest BCUT2D eigenvalue weighted by Crippen LogP contribution is 2.14. The van der Waals surface area contributed by atoms with Gasteiger partial charge in [-0.25, -0.2) is 0 Å². The fourth-order valence-corrected chi connectivity index (χ4v) is 2.60. The van der Waals surface area contributed by atoms with Crippen LogP contribution in [0.2, 0.25) is 0 Å². The molecule has 3 nitrogen and oxygen atoms in total. The third kappa shape index (κ3) is 5.23. The van der Waals surface area contributed by atoms with E-state index >= 15 is 0 Å². The van der Waals surface area contributed by atoms with Crippen molar-refractivity contribution in [2.24, 2.45) is 0 Å². The highest BCUT2D eigenvalue weighted by molar-refractivity contribution is 5.25. The van der Waals surface area contributed by atoms with E-state index < -0.39 is 0 Å². The number of benzene rings is 1. The number of hydrogen-bond donors (Lipinski definition) is 2. The van der Waals surface area contributed by atoms with Crippen molar-refractivity contribution < 1.29 is 5.11 Å². The van der Waals surface area contributed by atoms with E-state index in [1.165, 1.54) is 5.56 Å². The molecule has 0 aliphatic heterocycles. The van der Waals surface area contributed by atoms with Crippen molar-refractivity contribution in [3.8, 4) is 0 Å². The molecule has 0 radical (unpaired) electrons. The maximum atomic E-state index is 9.19. The van der Waals surface area contributed by atoms with Crippen molar-refractivity contribution in [1.29, 1.82) is 0 Å². The molecule has 114 valence electrons. The van der Waals surface area contributed by atoms with Gasteiger partial charge < -0.3 is 10.4 Å². The molecule has 1 aromatic rings. The second-order valence-electron chi connectivity index (χ2n) is 6.00. The molecule has 3 heteroatoms. The molecule has 0 spiro atoms. The van der Waals surface area contributed by atoms with Gasteiger partial charge in [0.05, 0.1) is 6.61 Å². The Morgan fingerprint density at radius 3 is 2.30 bits per heavy atom. The third-order valence-corrected chi connectivity index (χ3v) is 3.78. The van der Waals surface area contributed by atoms with Crippen LogP contribution in [0.3, 0.4) is 0 Å². The van der Waals surface area contributed by atoms with Crippen LogP contribution in [0.25, 0.3) is 0 Å². The summed E-state index contributed by atoms with van der Waals surface area (Å²) in [5, 5.41) is 12.8. The van der Waals surface area contributed by atoms with Crippen molar-refractivity contribution in [2.75, 3.05) is 13.1 Å². The molecule has 1 unspecified atom stereocenters. The third-order valence-electron chi connectivity index (χ3n) is 3.78. The Labute approximate surface area is 124 Å². The van der Waals surface area contributed by atoms with Crippen LogP contribution in [0.5, 0.6) is 0 Å². The van der Waals surface area contributed by atoms with E-state index in [2.05, 4.69) is 57.0 Å². The Morgan fingerprint density at radius 2 is 1.75 bits per heavy atom. The lowest BCUT2D eigenvalue weighted by atomic mass is 10.1. The minimum absolute atomic E-state index is 0.106. The summed E-state index contributed by atoms with van der Waals surface area (Å²) >= 11 is 0. The molecule has 0 bridgehead atoms. The van der Waals surface area contributed by atoms with Crippen molar-refractivity contribution in [3.63, 3.8) is 0 Å². The lowest BCUT2D eigenvalue weighted by Gasteiger charge is -2.31. The highest BCUT2D eigenvalue weighted by Gasteiger charge is 2.13. The molecule has 0 heterocycles. The maximum absolute atomic E-state index is 9.19. The van der Waals surface area contributed by atoms with Crippen molar-refractivity contribution in [2.45, 2.75) is 59.4 Å². The van der Waals surface area contributed by atoms with Gasteiger partial charge in [0.15, 0.2) is 0 Å². The topological polar surface area (TPSA) is 35.5 Å². The van der Waals surface area contributed by atoms with Crippen LogP contribution in [-0.2, 0) is 6.61 Å². The highest BCUT2D eigenvalue weighted by atomic mass is 16.3. The number of aliphatic hydroxyl groups excluding tert-OH is 1. The van der Waals surface area contributed by atoms with Crippen LogP contribution in [0.15, 0.2) is 24.3 Å². The fraction of sp³-hybridized carbons (Fsp3) is 0.647. The van der Waals surface area contributed by atoms with Gasteiger partial charge >= 0.3 is 0 Å². The first kappa shape index (κ1) is 17.2. The molecular weight excluding hydrogens is 248 g/mol. The maximum Gasteiger partial charge on any atom is 0.0681 e. The summed E-state index contributed by atoms with van der Waals surface area (Å²) in [5.41, 5.74) is 2.21. The van der Waals surface area contributed by atoms with Gasteiger partial charge in [-0.1, -0.05) is 24.3 Å². The zero-order valence-electron chi connectivity index (χ0n) is 13.6. The monoisotopic (exact) mass is 278 g/mol. The molecule has 0 aromatic heterocycles. The summed E-state index contributed by atoms with van der Waals surface area (Å²) in [7, 11) is 0. The van der Waals surface area contributed by atoms with E-state index in [0.717, 1.165) is 18.7 Å². The van der Waals surface area contributed by atoms with E-state index in [4.69, 9.17) is 0 Å². The minimum Gasteiger partial charge on any atom is -0.392 e. The number of rotatable bonds is 8. The normalized spacial score (nSPS) is 13.4. The average Bonchev–Trinajstić information content (AvgIpc) is 2.42. The van der Waals surface area contributed by atoms with Crippen LogP contribution in [0, 0.1) is 0 Å². The average molecular weight is 278 g/mol. The Bertz CT molecular complexity index is 382. The van der Waals surface area contributed by atoms with Gasteiger partial charge in [-0.15, -0.1) is 0 Å². The van der Waals surface area contributed by atoms with Gasteiger partial charge in [0.2, 0.25) is 0 Å².